The highest BCUT2D eigenvalue weighted by Crippen LogP contribution is 2.51. The summed E-state index contributed by atoms with van der Waals surface area (Å²) in [6.45, 7) is 5.31. The molecule has 0 fully saturated rings. The van der Waals surface area contributed by atoms with E-state index in [0.717, 1.165) is 0 Å². The van der Waals surface area contributed by atoms with E-state index in [1.54, 1.807) is 38.1 Å². The van der Waals surface area contributed by atoms with Gasteiger partial charge in [-0.2, -0.15) is 0 Å². The van der Waals surface area contributed by atoms with Crippen LogP contribution in [0.1, 0.15) is 50.7 Å². The maximum absolute atomic E-state index is 13.1. The van der Waals surface area contributed by atoms with Crippen LogP contribution in [0.5, 0.6) is 0 Å². The average molecular weight is 434 g/mol. The molecule has 5 N–H and O–H groups in total. The summed E-state index contributed by atoms with van der Waals surface area (Å²) in [7, 11) is -7.94. The fourth-order valence-corrected chi connectivity index (χ4v) is 7.52. The predicted molar refractivity (Wildman–Crippen MR) is 110 cm³/mol. The summed E-state index contributed by atoms with van der Waals surface area (Å²) in [5, 5.41) is 9.62. The third kappa shape index (κ3) is 7.29. The van der Waals surface area contributed by atoms with Gasteiger partial charge in [-0.3, -0.25) is 9.36 Å². The summed E-state index contributed by atoms with van der Waals surface area (Å²) in [6, 6.07) is 6.53. The summed E-state index contributed by atoms with van der Waals surface area (Å²) in [6.07, 6.45) is 0.525. The van der Waals surface area contributed by atoms with Crippen LogP contribution in [0.4, 0.5) is 0 Å². The zero-order valence-electron chi connectivity index (χ0n) is 16.5. The number of unbranched alkanes of at least 4 members (excludes halogenated alkanes) is 1. The lowest BCUT2D eigenvalue weighted by molar-refractivity contribution is -0.138. The van der Waals surface area contributed by atoms with Gasteiger partial charge < -0.3 is 15.7 Å². The number of sulfonamides is 1. The Balaban J connectivity index is 3.16. The van der Waals surface area contributed by atoms with E-state index in [-0.39, 0.29) is 12.3 Å². The molecule has 0 heterocycles. The molecule has 0 saturated carbocycles. The summed E-state index contributed by atoms with van der Waals surface area (Å²) in [4.78, 5) is 22.5. The van der Waals surface area contributed by atoms with Crippen LogP contribution in [-0.2, 0) is 25.9 Å². The molecule has 1 aromatic carbocycles. The maximum atomic E-state index is 13.1. The van der Waals surface area contributed by atoms with Crippen LogP contribution in [0.3, 0.4) is 0 Å². The second-order valence-electron chi connectivity index (χ2n) is 7.26. The van der Waals surface area contributed by atoms with E-state index in [1.807, 2.05) is 6.92 Å². The first-order chi connectivity index (χ1) is 12.9. The standard InChI is InChI=1S/C18H31N2O6PS/c1-4-5-9-28(25,26)20-17(13(2)3)27(23,24)12-16(18(21)22)15-8-6-7-14(10-15)11-19/h6-8,10,13,16-17,20H,4-5,9,11-12,19H2,1-3H3,(H,21,22)(H,23,24)/t16-,17+/m0/s1. The summed E-state index contributed by atoms with van der Waals surface area (Å²) < 4.78 is 39.9. The van der Waals surface area contributed by atoms with Gasteiger partial charge in [-0.15, -0.1) is 0 Å². The minimum Gasteiger partial charge on any atom is -0.481 e. The molecule has 0 bridgehead atoms. The van der Waals surface area contributed by atoms with Gasteiger partial charge in [0.05, 0.1) is 11.7 Å². The highest BCUT2D eigenvalue weighted by molar-refractivity contribution is 7.89. The fourth-order valence-electron chi connectivity index (χ4n) is 2.90. The SMILES string of the molecule is CCCCS(=O)(=O)N[C@@H](C(C)C)P(=O)(O)C[C@H](C(=O)O)c1cccc(CN)c1. The van der Waals surface area contributed by atoms with Gasteiger partial charge in [0, 0.05) is 12.7 Å². The van der Waals surface area contributed by atoms with Crippen LogP contribution in [0.2, 0.25) is 0 Å². The van der Waals surface area contributed by atoms with Gasteiger partial charge >= 0.3 is 5.97 Å². The smallest absolute Gasteiger partial charge is 0.311 e. The first-order valence-corrected chi connectivity index (χ1v) is 12.8. The lowest BCUT2D eigenvalue weighted by Crippen LogP contribution is -2.40. The number of carboxylic acid groups (broad SMARTS) is 1. The van der Waals surface area contributed by atoms with E-state index in [1.165, 1.54) is 0 Å². The zero-order chi connectivity index (χ0) is 21.5. The van der Waals surface area contributed by atoms with Crippen molar-refractivity contribution in [1.29, 1.82) is 0 Å². The van der Waals surface area contributed by atoms with E-state index < -0.39 is 47.1 Å². The van der Waals surface area contributed by atoms with E-state index in [4.69, 9.17) is 5.73 Å². The van der Waals surface area contributed by atoms with Crippen molar-refractivity contribution in [2.75, 3.05) is 11.9 Å². The Labute approximate surface area is 167 Å². The van der Waals surface area contributed by atoms with E-state index in [0.29, 0.717) is 24.0 Å². The summed E-state index contributed by atoms with van der Waals surface area (Å²) in [5.74, 6) is -4.39. The van der Waals surface area contributed by atoms with Crippen LogP contribution >= 0.6 is 7.37 Å². The van der Waals surface area contributed by atoms with Crippen molar-refractivity contribution in [2.45, 2.75) is 51.9 Å². The minimum atomic E-state index is -4.19. The van der Waals surface area contributed by atoms with Crippen LogP contribution in [0.15, 0.2) is 24.3 Å². The van der Waals surface area contributed by atoms with Gasteiger partial charge in [0.1, 0.15) is 5.78 Å². The van der Waals surface area contributed by atoms with Gasteiger partial charge in [-0.05, 0) is 23.5 Å². The number of rotatable bonds is 12. The van der Waals surface area contributed by atoms with Crippen LogP contribution in [0, 0.1) is 5.92 Å². The number of nitrogens with two attached hydrogens (primary N) is 1. The molecule has 0 radical (unpaired) electrons. The number of nitrogens with one attached hydrogen (secondary N) is 1. The number of aliphatic carboxylic acids is 1. The Kier molecular flexibility index (Phi) is 9.30. The largest absolute Gasteiger partial charge is 0.481 e. The van der Waals surface area contributed by atoms with Crippen molar-refractivity contribution in [3.8, 4) is 0 Å². The van der Waals surface area contributed by atoms with Gasteiger partial charge in [-0.1, -0.05) is 51.5 Å². The predicted octanol–water partition coefficient (Wildman–Crippen LogP) is 2.29. The number of benzene rings is 1. The number of hydrogen-bond donors (Lipinski definition) is 4. The van der Waals surface area contributed by atoms with Crippen LogP contribution in [0.25, 0.3) is 0 Å². The van der Waals surface area contributed by atoms with Crippen molar-refractivity contribution in [1.82, 2.24) is 4.72 Å². The Hall–Kier alpha value is -1.25. The van der Waals surface area contributed by atoms with Gasteiger partial charge in [-0.25, -0.2) is 13.1 Å². The third-order valence-electron chi connectivity index (χ3n) is 4.46. The monoisotopic (exact) mass is 434 g/mol. The van der Waals surface area contributed by atoms with Crippen molar-refractivity contribution in [3.05, 3.63) is 35.4 Å². The Morgan fingerprint density at radius 3 is 2.46 bits per heavy atom. The number of carbonyl (C=O) groups is 1. The molecular weight excluding hydrogens is 403 g/mol. The number of carboxylic acids is 1. The van der Waals surface area contributed by atoms with Crippen LogP contribution < -0.4 is 10.5 Å². The van der Waals surface area contributed by atoms with Gasteiger partial charge in [0.15, 0.2) is 0 Å². The Bertz CT molecular complexity index is 812. The molecule has 28 heavy (non-hydrogen) atoms. The molecule has 1 unspecified atom stereocenters. The molecule has 0 saturated heterocycles. The fraction of sp³-hybridized carbons (Fsp3) is 0.611. The lowest BCUT2D eigenvalue weighted by Gasteiger charge is -2.29. The Morgan fingerprint density at radius 1 is 1.32 bits per heavy atom. The second kappa shape index (κ2) is 10.5. The van der Waals surface area contributed by atoms with Gasteiger partial charge in [0.25, 0.3) is 0 Å². The minimum absolute atomic E-state index is 0.145. The molecule has 0 aromatic heterocycles. The molecule has 0 spiro atoms. The highest BCUT2D eigenvalue weighted by atomic mass is 32.2. The molecule has 8 nitrogen and oxygen atoms in total. The lowest BCUT2D eigenvalue weighted by atomic mass is 9.99. The van der Waals surface area contributed by atoms with Crippen molar-refractivity contribution >= 4 is 23.4 Å². The molecular formula is C18H31N2O6PS. The molecule has 1 aromatic rings. The molecule has 0 aliphatic rings. The van der Waals surface area contributed by atoms with E-state index in [2.05, 4.69) is 4.72 Å². The maximum Gasteiger partial charge on any atom is 0.311 e. The number of hydrogen-bond acceptors (Lipinski definition) is 5. The average Bonchev–Trinajstić information content (AvgIpc) is 2.62. The molecule has 160 valence electrons. The highest BCUT2D eigenvalue weighted by Gasteiger charge is 2.40. The van der Waals surface area contributed by atoms with Crippen molar-refractivity contribution in [3.63, 3.8) is 0 Å². The molecule has 1 rings (SSSR count). The van der Waals surface area contributed by atoms with E-state index >= 15 is 0 Å². The first kappa shape index (κ1) is 24.8. The first-order valence-electron chi connectivity index (χ1n) is 9.26. The topological polar surface area (TPSA) is 147 Å². The van der Waals surface area contributed by atoms with Crippen molar-refractivity contribution in [2.24, 2.45) is 11.7 Å². The molecule has 0 aliphatic carbocycles. The third-order valence-corrected chi connectivity index (χ3v) is 8.56. The normalized spacial score (nSPS) is 16.5. The van der Waals surface area contributed by atoms with E-state index in [9.17, 15) is 27.8 Å². The molecule has 0 amide bonds. The second-order valence-corrected chi connectivity index (χ2v) is 11.6. The molecule has 10 heteroatoms. The Morgan fingerprint density at radius 2 is 1.96 bits per heavy atom. The molecule has 3 atom stereocenters. The zero-order valence-corrected chi connectivity index (χ0v) is 18.2. The van der Waals surface area contributed by atoms with Gasteiger partial charge in [0.2, 0.25) is 17.4 Å². The van der Waals surface area contributed by atoms with Crippen molar-refractivity contribution < 1.29 is 27.8 Å². The van der Waals surface area contributed by atoms with Crippen LogP contribution in [-0.4, -0.2) is 42.1 Å². The molecule has 0 aliphatic heterocycles. The quantitative estimate of drug-likeness (QED) is 0.369. The summed E-state index contributed by atoms with van der Waals surface area (Å²) >= 11 is 0. The summed E-state index contributed by atoms with van der Waals surface area (Å²) in [5.41, 5.74) is 6.66.